The maximum atomic E-state index is 10.8. The summed E-state index contributed by atoms with van der Waals surface area (Å²) < 4.78 is 5.14. The van der Waals surface area contributed by atoms with Gasteiger partial charge in [0.25, 0.3) is 0 Å². The van der Waals surface area contributed by atoms with Gasteiger partial charge in [-0.3, -0.25) is 0 Å². The van der Waals surface area contributed by atoms with E-state index in [0.29, 0.717) is 5.75 Å². The Morgan fingerprint density at radius 2 is 2.31 bits per heavy atom. The Morgan fingerprint density at radius 1 is 1.56 bits per heavy atom. The van der Waals surface area contributed by atoms with Gasteiger partial charge >= 0.3 is 5.97 Å². The number of carboxylic acid groups (broad SMARTS) is 1. The first kappa shape index (κ1) is 12.8. The van der Waals surface area contributed by atoms with Crippen molar-refractivity contribution in [3.8, 4) is 5.75 Å². The molecule has 0 saturated heterocycles. The van der Waals surface area contributed by atoms with E-state index in [4.69, 9.17) is 9.84 Å². The molecule has 0 atom stereocenters. The molecule has 0 saturated carbocycles. The molecule has 16 heavy (non-hydrogen) atoms. The minimum atomic E-state index is -0.950. The average molecular weight is 285 g/mol. The van der Waals surface area contributed by atoms with Crippen molar-refractivity contribution in [2.45, 2.75) is 6.42 Å². The number of ether oxygens (including phenoxy) is 1. The van der Waals surface area contributed by atoms with Crippen LogP contribution in [0.4, 0.5) is 0 Å². The summed E-state index contributed by atoms with van der Waals surface area (Å²) in [5, 5.41) is 9.73. The number of alkyl halides is 1. The van der Waals surface area contributed by atoms with Crippen LogP contribution in [-0.2, 0) is 0 Å². The van der Waals surface area contributed by atoms with Gasteiger partial charge in [-0.1, -0.05) is 34.1 Å². The third-order valence-corrected chi connectivity index (χ3v) is 2.51. The quantitative estimate of drug-likeness (QED) is 0.845. The summed E-state index contributed by atoms with van der Waals surface area (Å²) in [5.74, 6) is -0.375. The van der Waals surface area contributed by atoms with Crippen molar-refractivity contribution in [3.05, 3.63) is 35.4 Å². The van der Waals surface area contributed by atoms with Crippen LogP contribution in [0.2, 0.25) is 0 Å². The van der Waals surface area contributed by atoms with E-state index in [1.165, 1.54) is 13.2 Å². The highest BCUT2D eigenvalue weighted by molar-refractivity contribution is 9.09. The number of methoxy groups -OCH3 is 1. The van der Waals surface area contributed by atoms with Gasteiger partial charge in [0.05, 0.1) is 12.7 Å². The summed E-state index contributed by atoms with van der Waals surface area (Å²) in [7, 11) is 1.53. The molecule has 1 N–H and O–H groups in total. The molecule has 86 valence electrons. The van der Waals surface area contributed by atoms with Gasteiger partial charge < -0.3 is 9.84 Å². The number of allylic oxidation sites excluding steroid dienone is 1. The number of halogens is 1. The summed E-state index contributed by atoms with van der Waals surface area (Å²) >= 11 is 3.33. The highest BCUT2D eigenvalue weighted by Gasteiger charge is 2.06. The lowest BCUT2D eigenvalue weighted by molar-refractivity contribution is 0.0696. The van der Waals surface area contributed by atoms with Gasteiger partial charge in [-0.2, -0.15) is 0 Å². The van der Waals surface area contributed by atoms with E-state index in [2.05, 4.69) is 15.9 Å². The predicted molar refractivity (Wildman–Crippen MR) is 67.4 cm³/mol. The van der Waals surface area contributed by atoms with Crippen molar-refractivity contribution in [2.75, 3.05) is 12.4 Å². The summed E-state index contributed by atoms with van der Waals surface area (Å²) in [5.41, 5.74) is 1.11. The van der Waals surface area contributed by atoms with Crippen LogP contribution in [0.3, 0.4) is 0 Å². The predicted octanol–water partition coefficient (Wildman–Crippen LogP) is 3.19. The van der Waals surface area contributed by atoms with Crippen LogP contribution >= 0.6 is 15.9 Å². The second kappa shape index (κ2) is 6.33. The van der Waals surface area contributed by atoms with E-state index < -0.39 is 5.97 Å². The summed E-state index contributed by atoms with van der Waals surface area (Å²) in [6.45, 7) is 0. The zero-order valence-electron chi connectivity index (χ0n) is 8.94. The molecule has 1 aromatic rings. The molecule has 0 bridgehead atoms. The Kier molecular flexibility index (Phi) is 5.05. The van der Waals surface area contributed by atoms with Gasteiger partial charge in [0, 0.05) is 10.9 Å². The molecule has 0 aliphatic rings. The van der Waals surface area contributed by atoms with E-state index in [9.17, 15) is 4.79 Å². The van der Waals surface area contributed by atoms with Gasteiger partial charge in [0.15, 0.2) is 0 Å². The minimum absolute atomic E-state index is 0.231. The lowest BCUT2D eigenvalue weighted by Gasteiger charge is -2.05. The molecular weight excluding hydrogens is 272 g/mol. The maximum absolute atomic E-state index is 10.8. The smallest absolute Gasteiger partial charge is 0.335 e. The Bertz CT molecular complexity index is 399. The van der Waals surface area contributed by atoms with E-state index in [1.807, 2.05) is 12.2 Å². The van der Waals surface area contributed by atoms with Crippen LogP contribution in [0, 0.1) is 0 Å². The van der Waals surface area contributed by atoms with E-state index in [-0.39, 0.29) is 5.56 Å². The first-order valence-electron chi connectivity index (χ1n) is 4.83. The van der Waals surface area contributed by atoms with Gasteiger partial charge in [0.1, 0.15) is 5.75 Å². The van der Waals surface area contributed by atoms with Gasteiger partial charge in [-0.05, 0) is 18.6 Å². The fourth-order valence-corrected chi connectivity index (χ4v) is 1.52. The lowest BCUT2D eigenvalue weighted by atomic mass is 10.1. The number of hydrogen-bond donors (Lipinski definition) is 1. The molecule has 0 aliphatic carbocycles. The van der Waals surface area contributed by atoms with Crippen molar-refractivity contribution in [1.82, 2.24) is 0 Å². The molecule has 0 spiro atoms. The lowest BCUT2D eigenvalue weighted by Crippen LogP contribution is -1.97. The number of carboxylic acids is 1. The molecular formula is C12H13BrO3. The highest BCUT2D eigenvalue weighted by atomic mass is 79.9. The van der Waals surface area contributed by atoms with Crippen LogP contribution in [0.25, 0.3) is 6.08 Å². The normalized spacial score (nSPS) is 10.6. The number of carbonyl (C=O) groups is 1. The molecule has 0 heterocycles. The second-order valence-corrected chi connectivity index (χ2v) is 3.93. The van der Waals surface area contributed by atoms with E-state index >= 15 is 0 Å². The molecule has 0 aliphatic heterocycles. The van der Waals surface area contributed by atoms with Crippen molar-refractivity contribution in [3.63, 3.8) is 0 Å². The Balaban J connectivity index is 2.97. The van der Waals surface area contributed by atoms with Crippen LogP contribution in [-0.4, -0.2) is 23.5 Å². The highest BCUT2D eigenvalue weighted by Crippen LogP contribution is 2.21. The third kappa shape index (κ3) is 3.38. The summed E-state index contributed by atoms with van der Waals surface area (Å²) in [4.78, 5) is 10.8. The summed E-state index contributed by atoms with van der Waals surface area (Å²) in [6, 6.07) is 4.84. The SMILES string of the molecule is COc1cc(C(=O)O)ccc1C=CCCBr. The number of benzene rings is 1. The molecule has 0 fully saturated rings. The van der Waals surface area contributed by atoms with Crippen molar-refractivity contribution in [1.29, 1.82) is 0 Å². The van der Waals surface area contributed by atoms with Crippen LogP contribution in [0.5, 0.6) is 5.75 Å². The number of hydrogen-bond acceptors (Lipinski definition) is 2. The van der Waals surface area contributed by atoms with Gasteiger partial charge in [0.2, 0.25) is 0 Å². The van der Waals surface area contributed by atoms with E-state index in [1.54, 1.807) is 12.1 Å². The Morgan fingerprint density at radius 3 is 2.88 bits per heavy atom. The molecule has 1 aromatic carbocycles. The first-order chi connectivity index (χ1) is 7.69. The zero-order valence-corrected chi connectivity index (χ0v) is 10.5. The molecule has 0 unspecified atom stereocenters. The molecule has 4 heteroatoms. The number of rotatable bonds is 5. The van der Waals surface area contributed by atoms with Gasteiger partial charge in [-0.25, -0.2) is 4.79 Å². The Labute approximate surface area is 103 Å². The van der Waals surface area contributed by atoms with Crippen molar-refractivity contribution >= 4 is 28.0 Å². The zero-order chi connectivity index (χ0) is 12.0. The second-order valence-electron chi connectivity index (χ2n) is 3.14. The summed E-state index contributed by atoms with van der Waals surface area (Å²) in [6.07, 6.45) is 4.85. The van der Waals surface area contributed by atoms with Crippen LogP contribution in [0.15, 0.2) is 24.3 Å². The van der Waals surface area contributed by atoms with Crippen molar-refractivity contribution in [2.24, 2.45) is 0 Å². The third-order valence-electron chi connectivity index (χ3n) is 2.05. The van der Waals surface area contributed by atoms with E-state index in [0.717, 1.165) is 17.3 Å². The molecule has 1 rings (SSSR count). The average Bonchev–Trinajstić information content (AvgIpc) is 2.29. The first-order valence-corrected chi connectivity index (χ1v) is 5.95. The standard InChI is InChI=1S/C12H13BrO3/c1-16-11-8-10(12(14)15)6-5-9(11)4-2-3-7-13/h2,4-6,8H,3,7H2,1H3,(H,14,15). The van der Waals surface area contributed by atoms with Crippen LogP contribution in [0.1, 0.15) is 22.3 Å². The van der Waals surface area contributed by atoms with Gasteiger partial charge in [-0.15, -0.1) is 0 Å². The fraction of sp³-hybridized carbons (Fsp3) is 0.250. The molecule has 0 aromatic heterocycles. The molecule has 3 nitrogen and oxygen atoms in total. The minimum Gasteiger partial charge on any atom is -0.496 e. The fourth-order valence-electron chi connectivity index (χ4n) is 1.26. The molecule has 0 radical (unpaired) electrons. The topological polar surface area (TPSA) is 46.5 Å². The molecule has 0 amide bonds. The van der Waals surface area contributed by atoms with Crippen molar-refractivity contribution < 1.29 is 14.6 Å². The maximum Gasteiger partial charge on any atom is 0.335 e. The largest absolute Gasteiger partial charge is 0.496 e. The Hall–Kier alpha value is -1.29. The van der Waals surface area contributed by atoms with Crippen LogP contribution < -0.4 is 4.74 Å². The monoisotopic (exact) mass is 284 g/mol. The number of aromatic carboxylic acids is 1.